The summed E-state index contributed by atoms with van der Waals surface area (Å²) in [5.74, 6) is 1.08. The Morgan fingerprint density at radius 3 is 2.56 bits per heavy atom. The van der Waals surface area contributed by atoms with Crippen LogP contribution >= 0.6 is 0 Å². The molecule has 0 unspecified atom stereocenters. The predicted octanol–water partition coefficient (Wildman–Crippen LogP) is 0.947. The Morgan fingerprint density at radius 1 is 1.28 bits per heavy atom. The molecule has 0 radical (unpaired) electrons. The maximum absolute atomic E-state index is 11.4. The second-order valence-corrected chi connectivity index (χ2v) is 3.76. The lowest BCUT2D eigenvalue weighted by Gasteiger charge is -2.09. The van der Waals surface area contributed by atoms with Gasteiger partial charge in [-0.15, -0.1) is 0 Å². The van der Waals surface area contributed by atoms with Crippen molar-refractivity contribution in [2.45, 2.75) is 6.54 Å². The highest BCUT2D eigenvalue weighted by Gasteiger charge is 2.07. The van der Waals surface area contributed by atoms with Crippen LogP contribution in [0, 0.1) is 0 Å². The maximum Gasteiger partial charge on any atom is 0.328 e. The van der Waals surface area contributed by atoms with Gasteiger partial charge in [0.2, 0.25) is 5.88 Å². The number of H-pyrrole nitrogens is 1. The number of imidazole rings is 1. The molecule has 0 aliphatic rings. The van der Waals surface area contributed by atoms with E-state index in [1.807, 2.05) is 6.07 Å². The van der Waals surface area contributed by atoms with Gasteiger partial charge in [0.25, 0.3) is 0 Å². The maximum atomic E-state index is 11.4. The summed E-state index contributed by atoms with van der Waals surface area (Å²) in [6.07, 6.45) is 1.35. The normalized spacial score (nSPS) is 10.3. The van der Waals surface area contributed by atoms with Crippen LogP contribution in [0.2, 0.25) is 0 Å². The number of ether oxygens (including phenoxy) is 2. The van der Waals surface area contributed by atoms with Crippen molar-refractivity contribution in [2.24, 2.45) is 0 Å². The third-order valence-corrected chi connectivity index (χ3v) is 2.57. The molecule has 2 N–H and O–H groups in total. The number of aromatic hydroxyl groups is 1. The van der Waals surface area contributed by atoms with Gasteiger partial charge in [0.15, 0.2) is 11.5 Å². The zero-order valence-corrected chi connectivity index (χ0v) is 10.1. The lowest BCUT2D eigenvalue weighted by Crippen LogP contribution is -2.16. The van der Waals surface area contributed by atoms with E-state index in [1.54, 1.807) is 26.4 Å². The van der Waals surface area contributed by atoms with Crippen LogP contribution in [0.3, 0.4) is 0 Å². The van der Waals surface area contributed by atoms with Crippen LogP contribution in [0.4, 0.5) is 0 Å². The number of methoxy groups -OCH3 is 2. The molecule has 1 heterocycles. The molecule has 0 fully saturated rings. The molecule has 1 aromatic carbocycles. The Balaban J connectivity index is 2.30. The first-order chi connectivity index (χ1) is 8.63. The van der Waals surface area contributed by atoms with Gasteiger partial charge in [-0.05, 0) is 17.7 Å². The van der Waals surface area contributed by atoms with Gasteiger partial charge >= 0.3 is 5.69 Å². The van der Waals surface area contributed by atoms with E-state index >= 15 is 0 Å². The fraction of sp³-hybridized carbons (Fsp3) is 0.250. The Bertz CT molecular complexity index is 600. The summed E-state index contributed by atoms with van der Waals surface area (Å²) >= 11 is 0. The van der Waals surface area contributed by atoms with Crippen molar-refractivity contribution in [3.05, 3.63) is 40.4 Å². The van der Waals surface area contributed by atoms with E-state index in [2.05, 4.69) is 4.98 Å². The fourth-order valence-electron chi connectivity index (χ4n) is 1.71. The number of hydrogen-bond donors (Lipinski definition) is 2. The highest BCUT2D eigenvalue weighted by Crippen LogP contribution is 2.27. The molecular formula is C12H14N2O4. The molecule has 6 nitrogen and oxygen atoms in total. The molecule has 6 heteroatoms. The van der Waals surface area contributed by atoms with Gasteiger partial charge in [-0.25, -0.2) is 4.79 Å². The van der Waals surface area contributed by atoms with Crippen LogP contribution in [0.15, 0.2) is 29.2 Å². The number of rotatable bonds is 4. The number of hydrogen-bond acceptors (Lipinski definition) is 4. The first kappa shape index (κ1) is 12.1. The van der Waals surface area contributed by atoms with Crippen molar-refractivity contribution in [2.75, 3.05) is 14.2 Å². The second kappa shape index (κ2) is 4.87. The molecular weight excluding hydrogens is 236 g/mol. The Morgan fingerprint density at radius 2 is 2.00 bits per heavy atom. The van der Waals surface area contributed by atoms with Gasteiger partial charge in [-0.2, -0.15) is 0 Å². The Kier molecular flexibility index (Phi) is 3.27. The first-order valence-electron chi connectivity index (χ1n) is 5.33. The molecule has 1 aromatic heterocycles. The molecule has 0 saturated heterocycles. The van der Waals surface area contributed by atoms with Gasteiger partial charge in [-0.1, -0.05) is 6.07 Å². The minimum Gasteiger partial charge on any atom is -0.493 e. The zero-order valence-electron chi connectivity index (χ0n) is 10.1. The van der Waals surface area contributed by atoms with Crippen molar-refractivity contribution >= 4 is 0 Å². The highest BCUT2D eigenvalue weighted by atomic mass is 16.5. The quantitative estimate of drug-likeness (QED) is 0.847. The molecule has 0 aliphatic carbocycles. The first-order valence-corrected chi connectivity index (χ1v) is 5.33. The minimum absolute atomic E-state index is 0.152. The standard InChI is InChI=1S/C12H14N2O4/c1-17-9-4-3-8(5-10(9)18-2)6-14-7-11(15)13-12(14)16/h3-5,7,15H,6H2,1-2H3,(H,13,16). The fourth-order valence-corrected chi connectivity index (χ4v) is 1.71. The molecule has 96 valence electrons. The Labute approximate surface area is 103 Å². The summed E-state index contributed by atoms with van der Waals surface area (Å²) in [6, 6.07) is 5.39. The van der Waals surface area contributed by atoms with Crippen LogP contribution in [-0.4, -0.2) is 28.9 Å². The van der Waals surface area contributed by atoms with Crippen molar-refractivity contribution in [1.29, 1.82) is 0 Å². The molecule has 2 rings (SSSR count). The third kappa shape index (κ3) is 2.32. The van der Waals surface area contributed by atoms with Crippen LogP contribution in [-0.2, 0) is 6.54 Å². The largest absolute Gasteiger partial charge is 0.493 e. The summed E-state index contributed by atoms with van der Waals surface area (Å²) < 4.78 is 11.7. The van der Waals surface area contributed by atoms with E-state index < -0.39 is 0 Å². The smallest absolute Gasteiger partial charge is 0.328 e. The van der Waals surface area contributed by atoms with Gasteiger partial charge in [-0.3, -0.25) is 9.55 Å². The minimum atomic E-state index is -0.359. The number of nitrogens with zero attached hydrogens (tertiary/aromatic N) is 1. The van der Waals surface area contributed by atoms with E-state index in [-0.39, 0.29) is 11.6 Å². The number of nitrogens with one attached hydrogen (secondary N) is 1. The van der Waals surface area contributed by atoms with E-state index in [0.717, 1.165) is 5.56 Å². The summed E-state index contributed by atoms with van der Waals surface area (Å²) in [6.45, 7) is 0.343. The van der Waals surface area contributed by atoms with Crippen LogP contribution in [0.5, 0.6) is 17.4 Å². The monoisotopic (exact) mass is 250 g/mol. The number of aromatic amines is 1. The van der Waals surface area contributed by atoms with Gasteiger partial charge < -0.3 is 14.6 Å². The molecule has 0 amide bonds. The van der Waals surface area contributed by atoms with E-state index in [0.29, 0.717) is 18.0 Å². The van der Waals surface area contributed by atoms with E-state index in [4.69, 9.17) is 9.47 Å². The summed E-state index contributed by atoms with van der Waals surface area (Å²) in [4.78, 5) is 13.7. The lowest BCUT2D eigenvalue weighted by atomic mass is 10.2. The van der Waals surface area contributed by atoms with Crippen molar-refractivity contribution in [3.63, 3.8) is 0 Å². The molecule has 0 aliphatic heterocycles. The SMILES string of the molecule is COc1ccc(Cn2cc(O)[nH]c2=O)cc1OC. The lowest BCUT2D eigenvalue weighted by molar-refractivity contribution is 0.354. The third-order valence-electron chi connectivity index (χ3n) is 2.57. The van der Waals surface area contributed by atoms with Crippen molar-refractivity contribution < 1.29 is 14.6 Å². The van der Waals surface area contributed by atoms with E-state index in [9.17, 15) is 9.90 Å². The molecule has 0 spiro atoms. The summed E-state index contributed by atoms with van der Waals surface area (Å²) in [5, 5.41) is 9.17. The van der Waals surface area contributed by atoms with E-state index in [1.165, 1.54) is 10.8 Å². The molecule has 0 atom stereocenters. The predicted molar refractivity (Wildman–Crippen MR) is 65.4 cm³/mol. The topological polar surface area (TPSA) is 76.5 Å². The number of aromatic nitrogens is 2. The summed E-state index contributed by atoms with van der Waals surface area (Å²) in [7, 11) is 3.11. The van der Waals surface area contributed by atoms with Crippen LogP contribution in [0.1, 0.15) is 5.56 Å². The Hall–Kier alpha value is -2.37. The zero-order chi connectivity index (χ0) is 13.1. The molecule has 18 heavy (non-hydrogen) atoms. The number of benzene rings is 1. The average molecular weight is 250 g/mol. The molecule has 2 aromatic rings. The highest BCUT2D eigenvalue weighted by molar-refractivity contribution is 5.42. The van der Waals surface area contributed by atoms with Crippen molar-refractivity contribution in [3.8, 4) is 17.4 Å². The second-order valence-electron chi connectivity index (χ2n) is 3.76. The average Bonchev–Trinajstić information content (AvgIpc) is 2.67. The van der Waals surface area contributed by atoms with Crippen LogP contribution < -0.4 is 15.2 Å². The molecule has 0 bridgehead atoms. The van der Waals surface area contributed by atoms with Crippen molar-refractivity contribution in [1.82, 2.24) is 9.55 Å². The van der Waals surface area contributed by atoms with Gasteiger partial charge in [0.05, 0.1) is 27.0 Å². The van der Waals surface area contributed by atoms with Crippen LogP contribution in [0.25, 0.3) is 0 Å². The molecule has 0 saturated carbocycles. The van der Waals surface area contributed by atoms with Gasteiger partial charge in [0, 0.05) is 0 Å². The van der Waals surface area contributed by atoms with Gasteiger partial charge in [0.1, 0.15) is 0 Å². The summed E-state index contributed by atoms with van der Waals surface area (Å²) in [5.41, 5.74) is 0.510.